The maximum absolute atomic E-state index is 11.4. The number of allylic oxidation sites excluding steroid dienone is 1. The minimum Gasteiger partial charge on any atom is -0.348 e. The zero-order chi connectivity index (χ0) is 11.3. The lowest BCUT2D eigenvalue weighted by Gasteiger charge is -2.12. The largest absolute Gasteiger partial charge is 0.348 e. The van der Waals surface area contributed by atoms with Crippen LogP contribution in [-0.4, -0.2) is 21.7 Å². The normalized spacial score (nSPS) is 11.9. The summed E-state index contributed by atoms with van der Waals surface area (Å²) in [6, 6.07) is 1.94. The molecule has 0 unspecified atom stereocenters. The zero-order valence-corrected chi connectivity index (χ0v) is 9.40. The second-order valence-corrected chi connectivity index (χ2v) is 3.86. The Morgan fingerprint density at radius 1 is 1.60 bits per heavy atom. The van der Waals surface area contributed by atoms with Gasteiger partial charge in [-0.2, -0.15) is 5.10 Å². The topological polar surface area (TPSA) is 46.9 Å². The molecule has 0 spiro atoms. The number of hydrogen-bond donors (Lipinski definition) is 1. The minimum atomic E-state index is -0.0466. The first-order chi connectivity index (χ1) is 7.08. The number of hydrogen-bond acceptors (Lipinski definition) is 2. The summed E-state index contributed by atoms with van der Waals surface area (Å²) in [5, 5.41) is 6.95. The first kappa shape index (κ1) is 11.5. The predicted octanol–water partition coefficient (Wildman–Crippen LogP) is 1.35. The minimum absolute atomic E-state index is 0.0466. The molecule has 1 amide bonds. The van der Waals surface area contributed by atoms with Crippen molar-refractivity contribution in [1.29, 1.82) is 0 Å². The fourth-order valence-corrected chi connectivity index (χ4v) is 1.28. The monoisotopic (exact) mass is 207 g/mol. The Hall–Kier alpha value is -1.58. The quantitative estimate of drug-likeness (QED) is 0.758. The third kappa shape index (κ3) is 4.44. The second kappa shape index (κ2) is 5.34. The molecule has 0 saturated heterocycles. The van der Waals surface area contributed by atoms with E-state index in [2.05, 4.69) is 10.4 Å². The SMILES string of the molecule is CC(C)=CC(=O)N[C@@H](C)Cn1cccn1. The lowest BCUT2D eigenvalue weighted by molar-refractivity contribution is -0.117. The lowest BCUT2D eigenvalue weighted by atomic mass is 10.3. The lowest BCUT2D eigenvalue weighted by Crippen LogP contribution is -2.34. The van der Waals surface area contributed by atoms with Gasteiger partial charge in [0.15, 0.2) is 0 Å². The number of amides is 1. The maximum Gasteiger partial charge on any atom is 0.244 e. The third-order valence-corrected chi connectivity index (χ3v) is 1.83. The smallest absolute Gasteiger partial charge is 0.244 e. The predicted molar refractivity (Wildman–Crippen MR) is 59.3 cm³/mol. The van der Waals surface area contributed by atoms with Crippen molar-refractivity contribution in [3.63, 3.8) is 0 Å². The Kier molecular flexibility index (Phi) is 4.09. The van der Waals surface area contributed by atoms with Crippen LogP contribution in [0.3, 0.4) is 0 Å². The fraction of sp³-hybridized carbons (Fsp3) is 0.455. The zero-order valence-electron chi connectivity index (χ0n) is 9.40. The summed E-state index contributed by atoms with van der Waals surface area (Å²) in [5.41, 5.74) is 0.999. The van der Waals surface area contributed by atoms with Gasteiger partial charge in [0.05, 0.1) is 6.54 Å². The number of carbonyl (C=O) groups is 1. The summed E-state index contributed by atoms with van der Waals surface area (Å²) < 4.78 is 1.80. The van der Waals surface area contributed by atoms with Crippen LogP contribution in [0, 0.1) is 0 Å². The van der Waals surface area contributed by atoms with Gasteiger partial charge in [-0.25, -0.2) is 0 Å². The van der Waals surface area contributed by atoms with Crippen LogP contribution in [0.2, 0.25) is 0 Å². The van der Waals surface area contributed by atoms with Crippen LogP contribution in [0.4, 0.5) is 0 Å². The average Bonchev–Trinajstić information content (AvgIpc) is 2.53. The Bertz CT molecular complexity index is 337. The highest BCUT2D eigenvalue weighted by Crippen LogP contribution is 1.92. The Labute approximate surface area is 90.0 Å². The molecule has 0 aliphatic carbocycles. The molecule has 4 nitrogen and oxygen atoms in total. The van der Waals surface area contributed by atoms with Crippen molar-refractivity contribution >= 4 is 5.91 Å². The van der Waals surface area contributed by atoms with Crippen LogP contribution in [0.1, 0.15) is 20.8 Å². The van der Waals surface area contributed by atoms with E-state index in [-0.39, 0.29) is 11.9 Å². The van der Waals surface area contributed by atoms with Gasteiger partial charge in [0.2, 0.25) is 5.91 Å². The van der Waals surface area contributed by atoms with Crippen LogP contribution in [0.25, 0.3) is 0 Å². The molecule has 0 aliphatic rings. The average molecular weight is 207 g/mol. The Morgan fingerprint density at radius 3 is 2.87 bits per heavy atom. The fourth-order valence-electron chi connectivity index (χ4n) is 1.28. The van der Waals surface area contributed by atoms with Crippen LogP contribution < -0.4 is 5.32 Å². The summed E-state index contributed by atoms with van der Waals surface area (Å²) >= 11 is 0. The van der Waals surface area contributed by atoms with Crippen molar-refractivity contribution in [3.8, 4) is 0 Å². The van der Waals surface area contributed by atoms with Gasteiger partial charge in [0.1, 0.15) is 0 Å². The van der Waals surface area contributed by atoms with Crippen molar-refractivity contribution in [2.45, 2.75) is 33.4 Å². The molecule has 82 valence electrons. The number of carbonyl (C=O) groups excluding carboxylic acids is 1. The number of rotatable bonds is 4. The molecule has 0 radical (unpaired) electrons. The van der Waals surface area contributed by atoms with Crippen molar-refractivity contribution in [2.75, 3.05) is 0 Å². The first-order valence-electron chi connectivity index (χ1n) is 5.01. The van der Waals surface area contributed by atoms with Gasteiger partial charge in [-0.15, -0.1) is 0 Å². The molecular weight excluding hydrogens is 190 g/mol. The van der Waals surface area contributed by atoms with E-state index in [4.69, 9.17) is 0 Å². The molecule has 0 aromatic carbocycles. The highest BCUT2D eigenvalue weighted by Gasteiger charge is 2.05. The molecule has 1 heterocycles. The van der Waals surface area contributed by atoms with Crippen molar-refractivity contribution in [3.05, 3.63) is 30.1 Å². The van der Waals surface area contributed by atoms with Crippen LogP contribution >= 0.6 is 0 Å². The molecule has 1 N–H and O–H groups in total. The highest BCUT2D eigenvalue weighted by atomic mass is 16.1. The summed E-state index contributed by atoms with van der Waals surface area (Å²) in [6.45, 7) is 6.45. The van der Waals surface area contributed by atoms with Gasteiger partial charge in [0, 0.05) is 24.5 Å². The third-order valence-electron chi connectivity index (χ3n) is 1.83. The van der Waals surface area contributed by atoms with Gasteiger partial charge in [0.25, 0.3) is 0 Å². The molecular formula is C11H17N3O. The van der Waals surface area contributed by atoms with Crippen molar-refractivity contribution in [1.82, 2.24) is 15.1 Å². The van der Waals surface area contributed by atoms with Crippen molar-refractivity contribution < 1.29 is 4.79 Å². The van der Waals surface area contributed by atoms with Gasteiger partial charge >= 0.3 is 0 Å². The van der Waals surface area contributed by atoms with Crippen LogP contribution in [0.15, 0.2) is 30.1 Å². The number of nitrogens with zero attached hydrogens (tertiary/aromatic N) is 2. The molecule has 0 fully saturated rings. The van der Waals surface area contributed by atoms with E-state index >= 15 is 0 Å². The highest BCUT2D eigenvalue weighted by molar-refractivity contribution is 5.88. The summed E-state index contributed by atoms with van der Waals surface area (Å²) in [6.07, 6.45) is 5.20. The van der Waals surface area contributed by atoms with E-state index in [0.717, 1.165) is 5.57 Å². The van der Waals surface area contributed by atoms with Crippen LogP contribution in [0.5, 0.6) is 0 Å². The van der Waals surface area contributed by atoms with E-state index in [0.29, 0.717) is 6.54 Å². The summed E-state index contributed by atoms with van der Waals surface area (Å²) in [7, 11) is 0. The summed E-state index contributed by atoms with van der Waals surface area (Å²) in [5.74, 6) is -0.0466. The second-order valence-electron chi connectivity index (χ2n) is 3.86. The molecule has 1 rings (SSSR count). The molecule has 1 aromatic rings. The van der Waals surface area contributed by atoms with Gasteiger partial charge in [-0.3, -0.25) is 9.48 Å². The maximum atomic E-state index is 11.4. The van der Waals surface area contributed by atoms with E-state index in [1.54, 1.807) is 17.0 Å². The van der Waals surface area contributed by atoms with E-state index in [1.165, 1.54) is 0 Å². The Morgan fingerprint density at radius 2 is 2.33 bits per heavy atom. The van der Waals surface area contributed by atoms with E-state index in [9.17, 15) is 4.79 Å². The van der Waals surface area contributed by atoms with Gasteiger partial charge < -0.3 is 5.32 Å². The standard InChI is InChI=1S/C11H17N3O/c1-9(2)7-11(15)13-10(3)8-14-6-4-5-12-14/h4-7,10H,8H2,1-3H3,(H,13,15)/t10-/m0/s1. The molecule has 1 aromatic heterocycles. The van der Waals surface area contributed by atoms with Crippen LogP contribution in [-0.2, 0) is 11.3 Å². The number of nitrogens with one attached hydrogen (secondary N) is 1. The van der Waals surface area contributed by atoms with Crippen molar-refractivity contribution in [2.24, 2.45) is 0 Å². The van der Waals surface area contributed by atoms with Gasteiger partial charge in [-0.1, -0.05) is 5.57 Å². The first-order valence-corrected chi connectivity index (χ1v) is 5.01. The molecule has 0 bridgehead atoms. The number of aromatic nitrogens is 2. The van der Waals surface area contributed by atoms with E-state index in [1.807, 2.05) is 33.0 Å². The van der Waals surface area contributed by atoms with E-state index < -0.39 is 0 Å². The molecule has 0 aliphatic heterocycles. The molecule has 0 saturated carbocycles. The van der Waals surface area contributed by atoms with Gasteiger partial charge in [-0.05, 0) is 26.8 Å². The Balaban J connectivity index is 2.39. The summed E-state index contributed by atoms with van der Waals surface area (Å²) in [4.78, 5) is 11.4. The molecule has 1 atom stereocenters. The molecule has 15 heavy (non-hydrogen) atoms. The molecule has 4 heteroatoms.